The van der Waals surface area contributed by atoms with Gasteiger partial charge in [-0.2, -0.15) is 0 Å². The van der Waals surface area contributed by atoms with Gasteiger partial charge in [-0.1, -0.05) is 29.3 Å². The molecule has 0 saturated heterocycles. The van der Waals surface area contributed by atoms with E-state index in [4.69, 9.17) is 0 Å². The van der Waals surface area contributed by atoms with Gasteiger partial charge in [-0.05, 0) is 52.3 Å². The molecule has 2 nitrogen and oxygen atoms in total. The summed E-state index contributed by atoms with van der Waals surface area (Å²) in [5, 5.41) is 3.55. The van der Waals surface area contributed by atoms with Crippen molar-refractivity contribution in [1.82, 2.24) is 4.98 Å². The molecule has 2 rings (SSSR count). The van der Waals surface area contributed by atoms with Crippen LogP contribution in [0, 0.1) is 27.7 Å². The predicted octanol–water partition coefficient (Wildman–Crippen LogP) is 4.49. The molecule has 0 aliphatic rings. The molecule has 0 radical (unpaired) electrons. The Labute approximate surface area is 115 Å². The third kappa shape index (κ3) is 3.34. The van der Waals surface area contributed by atoms with Crippen LogP contribution in [-0.2, 0) is 0 Å². The van der Waals surface area contributed by atoms with Gasteiger partial charge in [0.1, 0.15) is 0 Å². The van der Waals surface area contributed by atoms with E-state index in [9.17, 15) is 0 Å². The number of benzene rings is 1. The van der Waals surface area contributed by atoms with Crippen molar-refractivity contribution in [3.05, 3.63) is 58.4 Å². The van der Waals surface area contributed by atoms with Crippen LogP contribution in [0.3, 0.4) is 0 Å². The molecule has 2 aromatic rings. The Kier molecular flexibility index (Phi) is 3.89. The van der Waals surface area contributed by atoms with E-state index in [-0.39, 0.29) is 6.04 Å². The summed E-state index contributed by atoms with van der Waals surface area (Å²) in [4.78, 5) is 4.49. The maximum atomic E-state index is 4.49. The fourth-order valence-electron chi connectivity index (χ4n) is 2.42. The molecule has 2 heteroatoms. The summed E-state index contributed by atoms with van der Waals surface area (Å²) in [6.45, 7) is 10.5. The molecule has 0 aliphatic carbocycles. The first-order valence-corrected chi connectivity index (χ1v) is 6.74. The summed E-state index contributed by atoms with van der Waals surface area (Å²) in [5.41, 5.74) is 7.15. The molecular weight excluding hydrogens is 232 g/mol. The zero-order chi connectivity index (χ0) is 14.0. The Morgan fingerprint density at radius 2 is 1.58 bits per heavy atom. The normalized spacial score (nSPS) is 12.3. The second kappa shape index (κ2) is 5.43. The van der Waals surface area contributed by atoms with Crippen LogP contribution in [0.2, 0.25) is 0 Å². The quantitative estimate of drug-likeness (QED) is 0.873. The standard InChI is InChI=1S/C17H22N2/c1-11-8-12(2)10-16(9-11)14(4)19-17-7-6-13(3)18-15(17)5/h6-10,14,19H,1-5H3. The zero-order valence-corrected chi connectivity index (χ0v) is 12.4. The predicted molar refractivity (Wildman–Crippen MR) is 81.7 cm³/mol. The van der Waals surface area contributed by atoms with Crippen LogP contribution < -0.4 is 5.32 Å². The van der Waals surface area contributed by atoms with E-state index in [2.05, 4.69) is 55.3 Å². The second-order valence-corrected chi connectivity index (χ2v) is 5.37. The first kappa shape index (κ1) is 13.6. The van der Waals surface area contributed by atoms with Crippen molar-refractivity contribution in [2.75, 3.05) is 5.32 Å². The maximum absolute atomic E-state index is 4.49. The van der Waals surface area contributed by atoms with Gasteiger partial charge in [0.2, 0.25) is 0 Å². The highest BCUT2D eigenvalue weighted by molar-refractivity contribution is 5.50. The number of aryl methyl sites for hydroxylation is 4. The van der Waals surface area contributed by atoms with Gasteiger partial charge in [-0.3, -0.25) is 4.98 Å². The molecule has 0 amide bonds. The van der Waals surface area contributed by atoms with E-state index in [1.165, 1.54) is 16.7 Å². The van der Waals surface area contributed by atoms with Crippen molar-refractivity contribution < 1.29 is 0 Å². The molecular formula is C17H22N2. The van der Waals surface area contributed by atoms with Crippen LogP contribution in [0.1, 0.15) is 41.0 Å². The summed E-state index contributed by atoms with van der Waals surface area (Å²) in [7, 11) is 0. The number of pyridine rings is 1. The zero-order valence-electron chi connectivity index (χ0n) is 12.4. The average molecular weight is 254 g/mol. The van der Waals surface area contributed by atoms with E-state index < -0.39 is 0 Å². The Bertz CT molecular complexity index is 568. The second-order valence-electron chi connectivity index (χ2n) is 5.37. The number of anilines is 1. The minimum atomic E-state index is 0.279. The van der Waals surface area contributed by atoms with Gasteiger partial charge in [0, 0.05) is 11.7 Å². The minimum absolute atomic E-state index is 0.279. The van der Waals surface area contributed by atoms with Crippen LogP contribution in [0.25, 0.3) is 0 Å². The highest BCUT2D eigenvalue weighted by Gasteiger charge is 2.08. The fourth-order valence-corrected chi connectivity index (χ4v) is 2.42. The molecule has 19 heavy (non-hydrogen) atoms. The fraction of sp³-hybridized carbons (Fsp3) is 0.353. The molecule has 1 N–H and O–H groups in total. The molecule has 1 heterocycles. The first-order chi connectivity index (χ1) is 8.95. The monoisotopic (exact) mass is 254 g/mol. The molecule has 1 atom stereocenters. The van der Waals surface area contributed by atoms with Crippen LogP contribution in [0.5, 0.6) is 0 Å². The van der Waals surface area contributed by atoms with E-state index in [0.717, 1.165) is 17.1 Å². The topological polar surface area (TPSA) is 24.9 Å². The number of hydrogen-bond acceptors (Lipinski definition) is 2. The Morgan fingerprint density at radius 1 is 0.947 bits per heavy atom. The summed E-state index contributed by atoms with van der Waals surface area (Å²) in [6.07, 6.45) is 0. The van der Waals surface area contributed by atoms with Crippen LogP contribution in [-0.4, -0.2) is 4.98 Å². The summed E-state index contributed by atoms with van der Waals surface area (Å²) >= 11 is 0. The lowest BCUT2D eigenvalue weighted by atomic mass is 10.0. The molecule has 1 aromatic heterocycles. The smallest absolute Gasteiger partial charge is 0.0607 e. The van der Waals surface area contributed by atoms with Gasteiger partial charge >= 0.3 is 0 Å². The van der Waals surface area contributed by atoms with Gasteiger partial charge in [-0.25, -0.2) is 0 Å². The first-order valence-electron chi connectivity index (χ1n) is 6.74. The molecule has 100 valence electrons. The van der Waals surface area contributed by atoms with E-state index in [1.54, 1.807) is 0 Å². The summed E-state index contributed by atoms with van der Waals surface area (Å²) < 4.78 is 0. The number of nitrogens with zero attached hydrogens (tertiary/aromatic N) is 1. The van der Waals surface area contributed by atoms with Gasteiger partial charge in [0.25, 0.3) is 0 Å². The van der Waals surface area contributed by atoms with Gasteiger partial charge < -0.3 is 5.32 Å². The third-order valence-electron chi connectivity index (χ3n) is 3.34. The molecule has 0 fully saturated rings. The minimum Gasteiger partial charge on any atom is -0.377 e. The van der Waals surface area contributed by atoms with Crippen molar-refractivity contribution in [3.8, 4) is 0 Å². The van der Waals surface area contributed by atoms with Crippen molar-refractivity contribution >= 4 is 5.69 Å². The highest BCUT2D eigenvalue weighted by Crippen LogP contribution is 2.23. The van der Waals surface area contributed by atoms with Crippen LogP contribution in [0.4, 0.5) is 5.69 Å². The summed E-state index contributed by atoms with van der Waals surface area (Å²) in [5.74, 6) is 0. The lowest BCUT2D eigenvalue weighted by Gasteiger charge is -2.18. The Balaban J connectivity index is 2.22. The Morgan fingerprint density at radius 3 is 2.16 bits per heavy atom. The third-order valence-corrected chi connectivity index (χ3v) is 3.34. The average Bonchev–Trinajstić information content (AvgIpc) is 2.31. The molecule has 0 aliphatic heterocycles. The summed E-state index contributed by atoms with van der Waals surface area (Å²) in [6, 6.07) is 11.1. The van der Waals surface area contributed by atoms with Crippen LogP contribution in [0.15, 0.2) is 30.3 Å². The van der Waals surface area contributed by atoms with E-state index >= 15 is 0 Å². The highest BCUT2D eigenvalue weighted by atomic mass is 14.9. The molecule has 0 spiro atoms. The van der Waals surface area contributed by atoms with Crippen molar-refractivity contribution in [2.24, 2.45) is 0 Å². The van der Waals surface area contributed by atoms with Gasteiger partial charge in [0.15, 0.2) is 0 Å². The van der Waals surface area contributed by atoms with Gasteiger partial charge in [-0.15, -0.1) is 0 Å². The molecule has 0 bridgehead atoms. The molecule has 1 aromatic carbocycles. The van der Waals surface area contributed by atoms with Gasteiger partial charge in [0.05, 0.1) is 11.4 Å². The maximum Gasteiger partial charge on any atom is 0.0607 e. The number of aromatic nitrogens is 1. The Hall–Kier alpha value is -1.83. The number of hydrogen-bond donors (Lipinski definition) is 1. The van der Waals surface area contributed by atoms with E-state index in [1.807, 2.05) is 19.9 Å². The van der Waals surface area contributed by atoms with Crippen LogP contribution >= 0.6 is 0 Å². The largest absolute Gasteiger partial charge is 0.377 e. The molecule has 1 unspecified atom stereocenters. The SMILES string of the molecule is Cc1cc(C)cc(C(C)Nc2ccc(C)nc2C)c1. The number of rotatable bonds is 3. The van der Waals surface area contributed by atoms with Crippen molar-refractivity contribution in [1.29, 1.82) is 0 Å². The van der Waals surface area contributed by atoms with Crippen molar-refractivity contribution in [3.63, 3.8) is 0 Å². The lowest BCUT2D eigenvalue weighted by molar-refractivity contribution is 0.874. The van der Waals surface area contributed by atoms with E-state index in [0.29, 0.717) is 0 Å². The van der Waals surface area contributed by atoms with Crippen molar-refractivity contribution in [2.45, 2.75) is 40.7 Å². The molecule has 0 saturated carbocycles. The number of nitrogens with one attached hydrogen (secondary N) is 1. The lowest BCUT2D eigenvalue weighted by Crippen LogP contribution is -2.09.